The third-order valence-electron chi connectivity index (χ3n) is 4.79. The van der Waals surface area contributed by atoms with Crippen LogP contribution in [0.25, 0.3) is 11.0 Å². The quantitative estimate of drug-likeness (QED) is 0.460. The molecule has 4 heterocycles. The highest BCUT2D eigenvalue weighted by Crippen LogP contribution is 2.34. The Hall–Kier alpha value is -2.84. The lowest BCUT2D eigenvalue weighted by molar-refractivity contribution is -0.130. The Morgan fingerprint density at radius 1 is 1.34 bits per heavy atom. The van der Waals surface area contributed by atoms with Crippen LogP contribution in [-0.2, 0) is 4.79 Å². The first kappa shape index (κ1) is 18.2. The molecule has 1 aromatic carbocycles. The average molecular weight is 423 g/mol. The number of H-pyrrole nitrogens is 1. The predicted molar refractivity (Wildman–Crippen MR) is 115 cm³/mol. The lowest BCUT2D eigenvalue weighted by Gasteiger charge is -2.19. The topological polar surface area (TPSA) is 74.5 Å². The molecule has 5 rings (SSSR count). The number of hydrogen-bond donors (Lipinski definition) is 1. The van der Waals surface area contributed by atoms with Crippen LogP contribution in [0, 0.1) is 6.92 Å². The van der Waals surface area contributed by atoms with Crippen molar-refractivity contribution in [1.29, 1.82) is 0 Å². The van der Waals surface area contributed by atoms with Gasteiger partial charge in [0.25, 0.3) is 5.91 Å². The lowest BCUT2D eigenvalue weighted by atomic mass is 10.1. The standard InChI is InChI=1S/C21H18N4O2S2/c1-13-6-7-14-15(10-13)23-21(22-14)29-12-20(26)25-17(18-4-2-8-27-18)11-16(24-25)19-5-3-9-28-19/h2-10,17H,11-12H2,1H3,(H,22,23)/t17-/m1/s1. The Balaban J connectivity index is 1.35. The second-order valence-corrected chi connectivity index (χ2v) is 8.76. The van der Waals surface area contributed by atoms with Crippen molar-refractivity contribution in [3.05, 3.63) is 70.3 Å². The largest absolute Gasteiger partial charge is 0.467 e. The summed E-state index contributed by atoms with van der Waals surface area (Å²) in [6, 6.07) is 13.6. The number of thioether (sulfide) groups is 1. The van der Waals surface area contributed by atoms with Crippen molar-refractivity contribution in [3.8, 4) is 0 Å². The number of amides is 1. The van der Waals surface area contributed by atoms with Gasteiger partial charge in [-0.3, -0.25) is 4.79 Å². The third kappa shape index (κ3) is 3.61. The highest BCUT2D eigenvalue weighted by molar-refractivity contribution is 7.99. The van der Waals surface area contributed by atoms with Crippen molar-refractivity contribution in [1.82, 2.24) is 15.0 Å². The maximum Gasteiger partial charge on any atom is 0.253 e. The molecule has 4 aromatic rings. The van der Waals surface area contributed by atoms with Crippen LogP contribution < -0.4 is 0 Å². The van der Waals surface area contributed by atoms with E-state index in [4.69, 9.17) is 4.42 Å². The van der Waals surface area contributed by atoms with Gasteiger partial charge in [-0.1, -0.05) is 23.9 Å². The molecule has 1 aliphatic heterocycles. The molecule has 29 heavy (non-hydrogen) atoms. The number of imidazole rings is 1. The van der Waals surface area contributed by atoms with Crippen molar-refractivity contribution in [2.45, 2.75) is 24.5 Å². The lowest BCUT2D eigenvalue weighted by Crippen LogP contribution is -2.28. The number of carbonyl (C=O) groups is 1. The summed E-state index contributed by atoms with van der Waals surface area (Å²) in [5, 5.41) is 8.95. The minimum atomic E-state index is -0.214. The highest BCUT2D eigenvalue weighted by Gasteiger charge is 2.35. The molecule has 1 amide bonds. The van der Waals surface area contributed by atoms with Crippen molar-refractivity contribution < 1.29 is 9.21 Å². The molecule has 0 saturated carbocycles. The minimum Gasteiger partial charge on any atom is -0.467 e. The summed E-state index contributed by atoms with van der Waals surface area (Å²) in [4.78, 5) is 21.9. The van der Waals surface area contributed by atoms with Crippen molar-refractivity contribution in [2.75, 3.05) is 5.75 Å². The summed E-state index contributed by atoms with van der Waals surface area (Å²) in [5.74, 6) is 0.925. The summed E-state index contributed by atoms with van der Waals surface area (Å²) in [6.07, 6.45) is 2.28. The SMILES string of the molecule is Cc1ccc2nc(SCC(=O)N3N=C(c4cccs4)C[C@@H]3c3ccco3)[nH]c2c1. The van der Waals surface area contributed by atoms with E-state index >= 15 is 0 Å². The van der Waals surface area contributed by atoms with Gasteiger partial charge in [0.15, 0.2) is 5.16 Å². The number of fused-ring (bicyclic) bond motifs is 1. The maximum atomic E-state index is 13.0. The number of aryl methyl sites for hydroxylation is 1. The molecule has 1 aliphatic rings. The molecule has 0 saturated heterocycles. The fourth-order valence-electron chi connectivity index (χ4n) is 3.40. The van der Waals surface area contributed by atoms with Crippen molar-refractivity contribution in [3.63, 3.8) is 0 Å². The van der Waals surface area contributed by atoms with Gasteiger partial charge in [-0.25, -0.2) is 9.99 Å². The van der Waals surface area contributed by atoms with Gasteiger partial charge >= 0.3 is 0 Å². The number of thiophene rings is 1. The van der Waals surface area contributed by atoms with E-state index in [1.165, 1.54) is 17.3 Å². The van der Waals surface area contributed by atoms with Crippen LogP contribution in [0.15, 0.2) is 68.8 Å². The number of hydrogen-bond acceptors (Lipinski definition) is 6. The Bertz CT molecular complexity index is 1180. The van der Waals surface area contributed by atoms with E-state index < -0.39 is 0 Å². The highest BCUT2D eigenvalue weighted by atomic mass is 32.2. The smallest absolute Gasteiger partial charge is 0.253 e. The van der Waals surface area contributed by atoms with Crippen LogP contribution in [0.2, 0.25) is 0 Å². The van der Waals surface area contributed by atoms with Gasteiger partial charge in [-0.05, 0) is 48.2 Å². The number of nitrogens with one attached hydrogen (secondary N) is 1. The van der Waals surface area contributed by atoms with Gasteiger partial charge in [-0.15, -0.1) is 11.3 Å². The second kappa shape index (κ2) is 7.53. The third-order valence-corrected chi connectivity index (χ3v) is 6.57. The average Bonchev–Trinajstić information content (AvgIpc) is 3.51. The molecule has 0 radical (unpaired) electrons. The van der Waals surface area contributed by atoms with Gasteiger partial charge in [0.2, 0.25) is 0 Å². The first-order valence-electron chi connectivity index (χ1n) is 9.23. The van der Waals surface area contributed by atoms with Gasteiger partial charge in [0, 0.05) is 6.42 Å². The number of benzene rings is 1. The van der Waals surface area contributed by atoms with E-state index in [9.17, 15) is 4.79 Å². The normalized spacial score (nSPS) is 16.5. The van der Waals surface area contributed by atoms with Crippen LogP contribution in [0.3, 0.4) is 0 Å². The number of furan rings is 1. The Morgan fingerprint density at radius 2 is 2.28 bits per heavy atom. The van der Waals surface area contributed by atoms with E-state index in [0.717, 1.165) is 32.5 Å². The van der Waals surface area contributed by atoms with Crippen molar-refractivity contribution in [2.24, 2.45) is 5.10 Å². The summed E-state index contributed by atoms with van der Waals surface area (Å²) in [7, 11) is 0. The number of aromatic nitrogens is 2. The van der Waals surface area contributed by atoms with Gasteiger partial charge < -0.3 is 9.40 Å². The monoisotopic (exact) mass is 422 g/mol. The van der Waals surface area contributed by atoms with Gasteiger partial charge in [0.05, 0.1) is 33.6 Å². The van der Waals surface area contributed by atoms with Gasteiger partial charge in [0.1, 0.15) is 11.8 Å². The van der Waals surface area contributed by atoms with E-state index in [1.807, 2.05) is 48.7 Å². The van der Waals surface area contributed by atoms with Crippen LogP contribution in [0.5, 0.6) is 0 Å². The van der Waals surface area contributed by atoms with Gasteiger partial charge in [-0.2, -0.15) is 5.10 Å². The van der Waals surface area contributed by atoms with E-state index in [1.54, 1.807) is 22.6 Å². The zero-order chi connectivity index (χ0) is 19.8. The van der Waals surface area contributed by atoms with Crippen LogP contribution >= 0.6 is 23.1 Å². The summed E-state index contributed by atoms with van der Waals surface area (Å²) in [5.41, 5.74) is 3.97. The molecule has 0 fully saturated rings. The Labute approximate surface area is 175 Å². The van der Waals surface area contributed by atoms with E-state index in [2.05, 4.69) is 21.1 Å². The molecule has 0 bridgehead atoms. The number of carbonyl (C=O) groups excluding carboxylic acids is 1. The predicted octanol–water partition coefficient (Wildman–Crippen LogP) is 5.00. The van der Waals surface area contributed by atoms with E-state index in [-0.39, 0.29) is 17.7 Å². The number of nitrogens with zero attached hydrogens (tertiary/aromatic N) is 3. The fraction of sp³-hybridized carbons (Fsp3) is 0.190. The van der Waals surface area contributed by atoms with Crippen LogP contribution in [0.4, 0.5) is 0 Å². The Kier molecular flexibility index (Phi) is 4.73. The molecule has 0 aliphatic carbocycles. The zero-order valence-corrected chi connectivity index (χ0v) is 17.3. The molecule has 1 atom stereocenters. The Morgan fingerprint density at radius 3 is 3.07 bits per heavy atom. The summed E-state index contributed by atoms with van der Waals surface area (Å²) < 4.78 is 5.59. The molecular formula is C21H18N4O2S2. The number of hydrazone groups is 1. The molecule has 1 N–H and O–H groups in total. The molecule has 0 spiro atoms. The molecule has 8 heteroatoms. The number of aromatic amines is 1. The maximum absolute atomic E-state index is 13.0. The molecular weight excluding hydrogens is 404 g/mol. The second-order valence-electron chi connectivity index (χ2n) is 6.85. The zero-order valence-electron chi connectivity index (χ0n) is 15.7. The molecule has 6 nitrogen and oxygen atoms in total. The number of rotatable bonds is 5. The molecule has 0 unspecified atom stereocenters. The van der Waals surface area contributed by atoms with Crippen molar-refractivity contribution >= 4 is 45.8 Å². The van der Waals surface area contributed by atoms with E-state index in [0.29, 0.717) is 6.42 Å². The summed E-state index contributed by atoms with van der Waals surface area (Å²) >= 11 is 3.02. The van der Waals surface area contributed by atoms with Crippen LogP contribution in [0.1, 0.15) is 28.7 Å². The summed E-state index contributed by atoms with van der Waals surface area (Å²) in [6.45, 7) is 2.04. The first-order chi connectivity index (χ1) is 14.2. The molecule has 146 valence electrons. The van der Waals surface area contributed by atoms with Crippen LogP contribution in [-0.4, -0.2) is 32.3 Å². The fourth-order valence-corrected chi connectivity index (χ4v) is 4.86. The minimum absolute atomic E-state index is 0.0698. The molecule has 3 aromatic heterocycles. The first-order valence-corrected chi connectivity index (χ1v) is 11.1.